The lowest BCUT2D eigenvalue weighted by Crippen LogP contribution is -2.33. The average Bonchev–Trinajstić information content (AvgIpc) is 3.19. The van der Waals surface area contributed by atoms with Crippen molar-refractivity contribution in [2.24, 2.45) is 0 Å². The number of nitrogens with zero attached hydrogens (tertiary/aromatic N) is 4. The van der Waals surface area contributed by atoms with Crippen molar-refractivity contribution < 1.29 is 13.9 Å². The van der Waals surface area contributed by atoms with Gasteiger partial charge in [0.15, 0.2) is 0 Å². The van der Waals surface area contributed by atoms with E-state index in [9.17, 15) is 9.18 Å². The van der Waals surface area contributed by atoms with Crippen molar-refractivity contribution in [3.05, 3.63) is 47.8 Å². The maximum absolute atomic E-state index is 13.0. The van der Waals surface area contributed by atoms with Gasteiger partial charge in [-0.3, -0.25) is 4.90 Å². The van der Waals surface area contributed by atoms with Gasteiger partial charge in [-0.15, -0.1) is 5.10 Å². The fourth-order valence-electron chi connectivity index (χ4n) is 2.94. The molecule has 0 N–H and O–H groups in total. The number of halogens is 1. The Bertz CT molecular complexity index is 671. The molecule has 0 spiro atoms. The molecule has 0 aliphatic carbocycles. The van der Waals surface area contributed by atoms with Crippen LogP contribution in [0.3, 0.4) is 0 Å². The van der Waals surface area contributed by atoms with E-state index in [2.05, 4.69) is 19.7 Å². The van der Waals surface area contributed by atoms with Gasteiger partial charge in [0, 0.05) is 12.6 Å². The second-order valence-electron chi connectivity index (χ2n) is 5.68. The highest BCUT2D eigenvalue weighted by Gasteiger charge is 2.25. The van der Waals surface area contributed by atoms with E-state index in [1.165, 1.54) is 19.2 Å². The molecule has 0 radical (unpaired) electrons. The molecule has 1 aliphatic rings. The van der Waals surface area contributed by atoms with Gasteiger partial charge in [-0.2, -0.15) is 0 Å². The molecule has 122 valence electrons. The maximum Gasteiger partial charge on any atom is 0.377 e. The molecule has 0 bridgehead atoms. The van der Waals surface area contributed by atoms with Crippen LogP contribution in [0.1, 0.15) is 29.0 Å². The Morgan fingerprint density at radius 2 is 2.17 bits per heavy atom. The first kappa shape index (κ1) is 15.6. The van der Waals surface area contributed by atoms with E-state index in [1.54, 1.807) is 11.0 Å². The summed E-state index contributed by atoms with van der Waals surface area (Å²) in [6.07, 6.45) is 4.62. The molecule has 0 saturated carbocycles. The van der Waals surface area contributed by atoms with Crippen LogP contribution in [0.2, 0.25) is 0 Å². The van der Waals surface area contributed by atoms with Gasteiger partial charge < -0.3 is 4.74 Å². The number of aromatic nitrogens is 3. The standard InChI is InChI=1S/C16H19FN4O2/c1-23-16(22)15-18-10-21(19-15)11-20-8-2-3-14(20)9-12-4-6-13(17)7-5-12/h4-7,10,14H,2-3,8-9,11H2,1H3/t14-/m0/s1. The van der Waals surface area contributed by atoms with Crippen LogP contribution in [0.15, 0.2) is 30.6 Å². The fraction of sp³-hybridized carbons (Fsp3) is 0.438. The summed E-state index contributed by atoms with van der Waals surface area (Å²) >= 11 is 0. The van der Waals surface area contributed by atoms with E-state index in [1.807, 2.05) is 12.1 Å². The summed E-state index contributed by atoms with van der Waals surface area (Å²) in [6.45, 7) is 1.55. The quantitative estimate of drug-likeness (QED) is 0.788. The predicted molar refractivity (Wildman–Crippen MR) is 81.2 cm³/mol. The van der Waals surface area contributed by atoms with E-state index >= 15 is 0 Å². The molecular formula is C16H19FN4O2. The van der Waals surface area contributed by atoms with E-state index in [0.29, 0.717) is 12.7 Å². The van der Waals surface area contributed by atoms with Gasteiger partial charge in [-0.25, -0.2) is 18.9 Å². The molecule has 1 atom stereocenters. The lowest BCUT2D eigenvalue weighted by molar-refractivity contribution is 0.0585. The van der Waals surface area contributed by atoms with Crippen molar-refractivity contribution in [3.63, 3.8) is 0 Å². The fourth-order valence-corrected chi connectivity index (χ4v) is 2.94. The second-order valence-corrected chi connectivity index (χ2v) is 5.68. The molecule has 1 saturated heterocycles. The maximum atomic E-state index is 13.0. The van der Waals surface area contributed by atoms with E-state index in [4.69, 9.17) is 0 Å². The van der Waals surface area contributed by atoms with Gasteiger partial charge in [0.2, 0.25) is 0 Å². The number of carbonyl (C=O) groups excluding carboxylic acids is 1. The Kier molecular flexibility index (Phi) is 4.66. The highest BCUT2D eigenvalue weighted by Crippen LogP contribution is 2.21. The van der Waals surface area contributed by atoms with Crippen LogP contribution in [-0.4, -0.2) is 45.3 Å². The molecule has 1 aromatic carbocycles. The molecule has 2 heterocycles. The minimum absolute atomic E-state index is 0.0711. The van der Waals surface area contributed by atoms with Crippen molar-refractivity contribution in [1.29, 1.82) is 0 Å². The Morgan fingerprint density at radius 3 is 2.91 bits per heavy atom. The lowest BCUT2D eigenvalue weighted by Gasteiger charge is -2.24. The van der Waals surface area contributed by atoms with Crippen molar-refractivity contribution >= 4 is 5.97 Å². The predicted octanol–water partition coefficient (Wildman–Crippen LogP) is 1.87. The molecule has 23 heavy (non-hydrogen) atoms. The zero-order chi connectivity index (χ0) is 16.2. The number of likely N-dealkylation sites (tertiary alicyclic amines) is 1. The molecule has 1 aliphatic heterocycles. The number of hydrogen-bond acceptors (Lipinski definition) is 5. The first-order valence-electron chi connectivity index (χ1n) is 7.62. The molecule has 6 nitrogen and oxygen atoms in total. The monoisotopic (exact) mass is 318 g/mol. The van der Waals surface area contributed by atoms with Crippen LogP contribution >= 0.6 is 0 Å². The van der Waals surface area contributed by atoms with Crippen LogP contribution in [0.25, 0.3) is 0 Å². The SMILES string of the molecule is COC(=O)c1ncn(CN2CCC[C@H]2Cc2ccc(F)cc2)n1. The lowest BCUT2D eigenvalue weighted by atomic mass is 10.0. The van der Waals surface area contributed by atoms with Crippen molar-refractivity contribution in [1.82, 2.24) is 19.7 Å². The third kappa shape index (κ3) is 3.73. The number of methoxy groups -OCH3 is 1. The van der Waals surface area contributed by atoms with Gasteiger partial charge in [-0.1, -0.05) is 12.1 Å². The smallest absolute Gasteiger partial charge is 0.377 e. The van der Waals surface area contributed by atoms with Crippen LogP contribution in [-0.2, 0) is 17.8 Å². The molecule has 3 rings (SSSR count). The molecule has 2 aromatic rings. The van der Waals surface area contributed by atoms with Gasteiger partial charge in [0.05, 0.1) is 13.8 Å². The van der Waals surface area contributed by atoms with Crippen LogP contribution in [0.4, 0.5) is 4.39 Å². The Labute approximate surface area is 133 Å². The Morgan fingerprint density at radius 1 is 1.39 bits per heavy atom. The molecule has 0 unspecified atom stereocenters. The summed E-state index contributed by atoms with van der Waals surface area (Å²) in [7, 11) is 1.31. The normalized spacial score (nSPS) is 18.3. The summed E-state index contributed by atoms with van der Waals surface area (Å²) < 4.78 is 19.3. The van der Waals surface area contributed by atoms with Crippen molar-refractivity contribution in [2.75, 3.05) is 13.7 Å². The van der Waals surface area contributed by atoms with Gasteiger partial charge in [-0.05, 0) is 37.0 Å². The highest BCUT2D eigenvalue weighted by molar-refractivity contribution is 5.84. The largest absolute Gasteiger partial charge is 0.463 e. The summed E-state index contributed by atoms with van der Waals surface area (Å²) in [5.74, 6) is -0.676. The minimum atomic E-state index is -0.534. The molecule has 0 amide bonds. The average molecular weight is 318 g/mol. The zero-order valence-electron chi connectivity index (χ0n) is 13.0. The van der Waals surface area contributed by atoms with Crippen molar-refractivity contribution in [3.8, 4) is 0 Å². The van der Waals surface area contributed by atoms with Crippen LogP contribution in [0, 0.1) is 5.82 Å². The number of esters is 1. The van der Waals surface area contributed by atoms with E-state index in [-0.39, 0.29) is 11.6 Å². The molecule has 1 fully saturated rings. The second kappa shape index (κ2) is 6.87. The number of ether oxygens (including phenoxy) is 1. The van der Waals surface area contributed by atoms with Gasteiger partial charge in [0.25, 0.3) is 5.82 Å². The highest BCUT2D eigenvalue weighted by atomic mass is 19.1. The third-order valence-corrected chi connectivity index (χ3v) is 4.11. The molecular weight excluding hydrogens is 299 g/mol. The van der Waals surface area contributed by atoms with E-state index < -0.39 is 5.97 Å². The van der Waals surface area contributed by atoms with Gasteiger partial charge in [0.1, 0.15) is 12.1 Å². The van der Waals surface area contributed by atoms with Gasteiger partial charge >= 0.3 is 5.97 Å². The molecule has 1 aromatic heterocycles. The first-order valence-corrected chi connectivity index (χ1v) is 7.62. The summed E-state index contributed by atoms with van der Waals surface area (Å²) in [5.41, 5.74) is 1.12. The topological polar surface area (TPSA) is 60.2 Å². The number of hydrogen-bond donors (Lipinski definition) is 0. The molecule has 7 heteroatoms. The van der Waals surface area contributed by atoms with Crippen molar-refractivity contribution in [2.45, 2.75) is 32.0 Å². The van der Waals surface area contributed by atoms with E-state index in [0.717, 1.165) is 31.4 Å². The first-order chi connectivity index (χ1) is 11.2. The number of rotatable bonds is 5. The van der Waals surface area contributed by atoms with Crippen LogP contribution in [0.5, 0.6) is 0 Å². The Balaban J connectivity index is 1.63. The summed E-state index contributed by atoms with van der Waals surface area (Å²) in [6, 6.07) is 7.03. The third-order valence-electron chi connectivity index (χ3n) is 4.11. The zero-order valence-corrected chi connectivity index (χ0v) is 13.0. The number of carbonyl (C=O) groups is 1. The van der Waals surface area contributed by atoms with Crippen LogP contribution < -0.4 is 0 Å². The number of benzene rings is 1. The minimum Gasteiger partial charge on any atom is -0.463 e. The summed E-state index contributed by atoms with van der Waals surface area (Å²) in [4.78, 5) is 17.7. The Hall–Kier alpha value is -2.28. The summed E-state index contributed by atoms with van der Waals surface area (Å²) in [5, 5.41) is 4.14.